The molecule has 2 aliphatic rings. The Kier molecular flexibility index (Phi) is 5.74. The Morgan fingerprint density at radius 2 is 2.11 bits per heavy atom. The molecule has 36 heavy (non-hydrogen) atoms. The molecule has 2 aliphatic heterocycles. The van der Waals surface area contributed by atoms with Crippen LogP contribution < -0.4 is 15.5 Å². The van der Waals surface area contributed by atoms with Crippen LogP contribution in [0.2, 0.25) is 0 Å². The minimum atomic E-state index is -0.105. The highest BCUT2D eigenvalue weighted by atomic mass is 16.5. The molecule has 1 fully saturated rings. The van der Waals surface area contributed by atoms with Crippen molar-refractivity contribution in [2.75, 3.05) is 43.6 Å². The minimum Gasteiger partial charge on any atom is -0.382 e. The first-order valence-corrected chi connectivity index (χ1v) is 11.9. The minimum absolute atomic E-state index is 0.0499. The Labute approximate surface area is 208 Å². The summed E-state index contributed by atoms with van der Waals surface area (Å²) in [5.74, 6) is 1.20. The van der Waals surface area contributed by atoms with Crippen molar-refractivity contribution in [1.29, 1.82) is 0 Å². The highest BCUT2D eigenvalue weighted by molar-refractivity contribution is 6.06. The van der Waals surface area contributed by atoms with E-state index in [1.54, 1.807) is 13.3 Å². The van der Waals surface area contributed by atoms with Gasteiger partial charge in [0.25, 0.3) is 5.91 Å². The summed E-state index contributed by atoms with van der Waals surface area (Å²) in [6.45, 7) is 5.19. The number of pyridine rings is 1. The lowest BCUT2D eigenvalue weighted by Crippen LogP contribution is -2.44. The number of imidazole rings is 1. The van der Waals surface area contributed by atoms with Gasteiger partial charge in [-0.25, -0.2) is 15.0 Å². The van der Waals surface area contributed by atoms with Gasteiger partial charge in [-0.15, -0.1) is 0 Å². The molecule has 10 nitrogen and oxygen atoms in total. The second kappa shape index (κ2) is 9.21. The van der Waals surface area contributed by atoms with Crippen LogP contribution in [-0.2, 0) is 16.0 Å². The fraction of sp³-hybridized carbons (Fsp3) is 0.308. The molecule has 0 bridgehead atoms. The molecule has 1 aromatic carbocycles. The molecule has 1 amide bonds. The number of benzene rings is 1. The quantitative estimate of drug-likeness (QED) is 0.430. The Balaban J connectivity index is 1.27. The Morgan fingerprint density at radius 1 is 1.19 bits per heavy atom. The number of morpholine rings is 1. The van der Waals surface area contributed by atoms with Gasteiger partial charge in [-0.2, -0.15) is 0 Å². The Hall–Kier alpha value is -4.02. The number of carbonyl (C=O) groups excluding carboxylic acids is 1. The summed E-state index contributed by atoms with van der Waals surface area (Å²) in [5, 5.41) is 6.30. The number of methoxy groups -OCH3 is 1. The number of aryl methyl sites for hydroxylation is 1. The lowest BCUT2D eigenvalue weighted by Gasteiger charge is -2.34. The summed E-state index contributed by atoms with van der Waals surface area (Å²) in [5.41, 5.74) is 6.07. The number of anilines is 3. The molecule has 0 unspecified atom stereocenters. The van der Waals surface area contributed by atoms with Crippen molar-refractivity contribution < 1.29 is 14.3 Å². The highest BCUT2D eigenvalue weighted by Crippen LogP contribution is 2.35. The molecular weight excluding hydrogens is 458 g/mol. The molecule has 3 aromatic heterocycles. The van der Waals surface area contributed by atoms with Gasteiger partial charge >= 0.3 is 0 Å². The van der Waals surface area contributed by atoms with Crippen molar-refractivity contribution in [1.82, 2.24) is 24.7 Å². The van der Waals surface area contributed by atoms with Crippen molar-refractivity contribution in [3.8, 4) is 11.3 Å². The lowest BCUT2D eigenvalue weighted by molar-refractivity contribution is -0.0100. The fourth-order valence-corrected chi connectivity index (χ4v) is 4.88. The van der Waals surface area contributed by atoms with Crippen molar-refractivity contribution in [3.05, 3.63) is 65.7 Å². The maximum Gasteiger partial charge on any atom is 0.254 e. The number of hydrogen-bond acceptors (Lipinski definition) is 8. The van der Waals surface area contributed by atoms with E-state index in [9.17, 15) is 4.79 Å². The molecule has 6 rings (SSSR count). The number of aromatic nitrogens is 4. The number of nitrogens with zero attached hydrogens (tertiary/aromatic N) is 5. The van der Waals surface area contributed by atoms with E-state index in [0.717, 1.165) is 47.0 Å². The van der Waals surface area contributed by atoms with Crippen LogP contribution >= 0.6 is 0 Å². The van der Waals surface area contributed by atoms with Gasteiger partial charge in [0.1, 0.15) is 5.82 Å². The van der Waals surface area contributed by atoms with Crippen molar-refractivity contribution in [2.24, 2.45) is 0 Å². The first-order valence-electron chi connectivity index (χ1n) is 11.9. The van der Waals surface area contributed by atoms with Crippen LogP contribution in [0.4, 0.5) is 17.2 Å². The normalized spacial score (nSPS) is 17.3. The average Bonchev–Trinajstić information content (AvgIpc) is 3.49. The molecule has 0 aliphatic carbocycles. The van der Waals surface area contributed by atoms with Gasteiger partial charge in [0.2, 0.25) is 5.78 Å². The zero-order valence-electron chi connectivity index (χ0n) is 20.2. The molecule has 184 valence electrons. The average molecular weight is 486 g/mol. The number of hydrogen-bond donors (Lipinski definition) is 2. The molecule has 0 saturated carbocycles. The number of nitrogens with one attached hydrogen (secondary N) is 2. The number of fused-ring (bicyclic) bond motifs is 2. The fourth-order valence-electron chi connectivity index (χ4n) is 4.88. The topological polar surface area (TPSA) is 106 Å². The molecule has 2 N–H and O–H groups in total. The van der Waals surface area contributed by atoms with E-state index in [1.807, 2.05) is 54.0 Å². The van der Waals surface area contributed by atoms with Crippen LogP contribution in [0.15, 0.2) is 48.9 Å². The lowest BCUT2D eigenvalue weighted by atomic mass is 9.99. The van der Waals surface area contributed by atoms with Gasteiger partial charge < -0.3 is 25.0 Å². The molecule has 4 aromatic rings. The Morgan fingerprint density at radius 3 is 2.94 bits per heavy atom. The first kappa shape index (κ1) is 22.4. The molecule has 0 radical (unpaired) electrons. The summed E-state index contributed by atoms with van der Waals surface area (Å²) in [6, 6.07) is 9.85. The standard InChI is InChI=1S/C26H27N7O3/c1-16-7-8-33-22(13-29-26(33)30-16)19-4-5-21(24-20(19)12-28-25(24)34)31-23-6-3-17(11-27-23)32-9-10-36-18(14-32)15-35-2/h3-8,11,13,18H,9-10,12,14-15H2,1-2H3,(H,27,31)(H,28,34)/t18-/m0/s1. The predicted octanol–water partition coefficient (Wildman–Crippen LogP) is 2.94. The summed E-state index contributed by atoms with van der Waals surface area (Å²) < 4.78 is 12.9. The van der Waals surface area contributed by atoms with Crippen LogP contribution in [0, 0.1) is 6.92 Å². The van der Waals surface area contributed by atoms with Crippen molar-refractivity contribution in [3.63, 3.8) is 0 Å². The summed E-state index contributed by atoms with van der Waals surface area (Å²) in [6.07, 6.45) is 5.66. The first-order chi connectivity index (χ1) is 17.6. The van der Waals surface area contributed by atoms with Gasteiger partial charge in [-0.3, -0.25) is 9.20 Å². The van der Waals surface area contributed by atoms with Crippen LogP contribution in [0.3, 0.4) is 0 Å². The maximum atomic E-state index is 12.8. The maximum absolute atomic E-state index is 12.8. The van der Waals surface area contributed by atoms with Gasteiger partial charge in [0, 0.05) is 44.2 Å². The molecule has 0 spiro atoms. The number of ether oxygens (including phenoxy) is 2. The van der Waals surface area contributed by atoms with Crippen molar-refractivity contribution >= 4 is 28.9 Å². The SMILES string of the molecule is COC[C@@H]1CN(c2ccc(Nc3ccc(-c4cnc5nc(C)ccn45)c4c3C(=O)NC4)nc2)CCO1. The molecule has 10 heteroatoms. The van der Waals surface area contributed by atoms with Gasteiger partial charge in [0.15, 0.2) is 0 Å². The zero-order valence-corrected chi connectivity index (χ0v) is 20.2. The highest BCUT2D eigenvalue weighted by Gasteiger charge is 2.27. The number of carbonyl (C=O) groups is 1. The molecule has 1 atom stereocenters. The third-order valence-corrected chi connectivity index (χ3v) is 6.63. The predicted molar refractivity (Wildman–Crippen MR) is 136 cm³/mol. The van der Waals surface area contributed by atoms with E-state index in [0.29, 0.717) is 36.9 Å². The summed E-state index contributed by atoms with van der Waals surface area (Å²) in [4.78, 5) is 28.6. The molecule has 1 saturated heterocycles. The smallest absolute Gasteiger partial charge is 0.254 e. The number of amides is 1. The van der Waals surface area contributed by atoms with Gasteiger partial charge in [-0.05, 0) is 36.8 Å². The van der Waals surface area contributed by atoms with Crippen LogP contribution in [0.1, 0.15) is 21.6 Å². The van der Waals surface area contributed by atoms with E-state index in [1.165, 1.54) is 0 Å². The van der Waals surface area contributed by atoms with Crippen LogP contribution in [0.25, 0.3) is 17.0 Å². The van der Waals surface area contributed by atoms with Crippen molar-refractivity contribution in [2.45, 2.75) is 19.6 Å². The van der Waals surface area contributed by atoms with E-state index in [4.69, 9.17) is 9.47 Å². The third-order valence-electron chi connectivity index (χ3n) is 6.63. The van der Waals surface area contributed by atoms with Crippen LogP contribution in [0.5, 0.6) is 0 Å². The molecular formula is C26H27N7O3. The second-order valence-corrected chi connectivity index (χ2v) is 9.00. The van der Waals surface area contributed by atoms with E-state index < -0.39 is 0 Å². The summed E-state index contributed by atoms with van der Waals surface area (Å²) in [7, 11) is 1.68. The largest absolute Gasteiger partial charge is 0.382 e. The molecule has 5 heterocycles. The van der Waals surface area contributed by atoms with E-state index in [-0.39, 0.29) is 12.0 Å². The second-order valence-electron chi connectivity index (χ2n) is 9.00. The Bertz CT molecular complexity index is 1430. The number of rotatable bonds is 6. The van der Waals surface area contributed by atoms with E-state index >= 15 is 0 Å². The monoisotopic (exact) mass is 485 g/mol. The van der Waals surface area contributed by atoms with E-state index in [2.05, 4.69) is 30.5 Å². The van der Waals surface area contributed by atoms with Gasteiger partial charge in [0.05, 0.1) is 54.3 Å². The van der Waals surface area contributed by atoms with Gasteiger partial charge in [-0.1, -0.05) is 6.07 Å². The van der Waals surface area contributed by atoms with Crippen LogP contribution in [-0.4, -0.2) is 64.8 Å². The summed E-state index contributed by atoms with van der Waals surface area (Å²) >= 11 is 0. The third kappa shape index (κ3) is 4.04. The zero-order chi connectivity index (χ0) is 24.6.